The number of amides is 1. The van der Waals surface area contributed by atoms with E-state index in [0.717, 1.165) is 43.4 Å². The van der Waals surface area contributed by atoms with Crippen LogP contribution >= 0.6 is 34.3 Å². The van der Waals surface area contributed by atoms with Crippen molar-refractivity contribution in [3.05, 3.63) is 62.8 Å². The molecule has 0 saturated carbocycles. The highest BCUT2D eigenvalue weighted by molar-refractivity contribution is 7.14. The van der Waals surface area contributed by atoms with Gasteiger partial charge in [-0.1, -0.05) is 17.7 Å². The molecule has 2 aromatic heterocycles. The molecule has 0 aliphatic carbocycles. The third-order valence-corrected chi connectivity index (χ3v) is 6.30. The summed E-state index contributed by atoms with van der Waals surface area (Å²) in [5.74, 6) is 0.0561. The molecule has 134 valence electrons. The summed E-state index contributed by atoms with van der Waals surface area (Å²) in [5, 5.41) is 8.02. The number of rotatable bonds is 4. The Kier molecular flexibility index (Phi) is 5.36. The van der Waals surface area contributed by atoms with E-state index in [4.69, 9.17) is 16.6 Å². The fourth-order valence-corrected chi connectivity index (χ4v) is 4.75. The van der Waals surface area contributed by atoms with Crippen molar-refractivity contribution >= 4 is 40.2 Å². The topological polar surface area (TPSA) is 36.4 Å². The van der Waals surface area contributed by atoms with E-state index in [0.29, 0.717) is 10.6 Å². The van der Waals surface area contributed by atoms with Gasteiger partial charge in [-0.25, -0.2) is 4.98 Å². The Morgan fingerprint density at radius 3 is 2.73 bits per heavy atom. The zero-order chi connectivity index (χ0) is 17.9. The number of thiazole rings is 1. The highest BCUT2D eigenvalue weighted by Gasteiger charge is 2.22. The molecular formula is C19H18ClN3OS2. The summed E-state index contributed by atoms with van der Waals surface area (Å²) in [5.41, 5.74) is 2.96. The maximum atomic E-state index is 12.6. The minimum absolute atomic E-state index is 0.0561. The van der Waals surface area contributed by atoms with Gasteiger partial charge in [-0.15, -0.1) is 11.3 Å². The number of hydrogen-bond donors (Lipinski definition) is 0. The molecule has 1 amide bonds. The molecule has 3 heterocycles. The number of carbonyl (C=O) groups excluding carboxylic acids is 1. The van der Waals surface area contributed by atoms with Gasteiger partial charge < -0.3 is 4.90 Å². The molecule has 4 nitrogen and oxygen atoms in total. The van der Waals surface area contributed by atoms with Gasteiger partial charge >= 0.3 is 0 Å². The first kappa shape index (κ1) is 17.7. The van der Waals surface area contributed by atoms with Gasteiger partial charge in [0.2, 0.25) is 0 Å². The van der Waals surface area contributed by atoms with Crippen molar-refractivity contribution in [2.24, 2.45) is 0 Å². The average molecular weight is 404 g/mol. The maximum Gasteiger partial charge on any atom is 0.253 e. The molecule has 0 atom stereocenters. The van der Waals surface area contributed by atoms with Gasteiger partial charge in [-0.2, -0.15) is 11.3 Å². The maximum absolute atomic E-state index is 12.6. The predicted molar refractivity (Wildman–Crippen MR) is 108 cm³/mol. The molecule has 4 rings (SSSR count). The first-order valence-corrected chi connectivity index (χ1v) is 10.6. The van der Waals surface area contributed by atoms with Gasteiger partial charge in [0.25, 0.3) is 5.91 Å². The van der Waals surface area contributed by atoms with Crippen molar-refractivity contribution in [2.75, 3.05) is 26.2 Å². The monoisotopic (exact) mass is 403 g/mol. The van der Waals surface area contributed by atoms with Gasteiger partial charge in [0, 0.05) is 59.6 Å². The second-order valence-electron chi connectivity index (χ2n) is 6.23. The van der Waals surface area contributed by atoms with Crippen LogP contribution in [0.1, 0.15) is 16.1 Å². The highest BCUT2D eigenvalue weighted by atomic mass is 35.5. The van der Waals surface area contributed by atoms with E-state index in [1.54, 1.807) is 34.8 Å². The molecule has 1 fully saturated rings. The fourth-order valence-electron chi connectivity index (χ4n) is 3.04. The van der Waals surface area contributed by atoms with E-state index in [9.17, 15) is 4.79 Å². The number of benzene rings is 1. The lowest BCUT2D eigenvalue weighted by molar-refractivity contribution is 0.0627. The van der Waals surface area contributed by atoms with E-state index in [2.05, 4.69) is 27.1 Å². The minimum Gasteiger partial charge on any atom is -0.336 e. The largest absolute Gasteiger partial charge is 0.336 e. The molecule has 0 radical (unpaired) electrons. The predicted octanol–water partition coefficient (Wildman–Crippen LogP) is 4.48. The molecule has 0 spiro atoms. The number of piperazine rings is 1. The van der Waals surface area contributed by atoms with Crippen LogP contribution in [0.15, 0.2) is 46.5 Å². The summed E-state index contributed by atoms with van der Waals surface area (Å²) in [6, 6.07) is 9.26. The van der Waals surface area contributed by atoms with Crippen molar-refractivity contribution < 1.29 is 4.79 Å². The van der Waals surface area contributed by atoms with Gasteiger partial charge in [0.05, 0.1) is 5.69 Å². The molecule has 26 heavy (non-hydrogen) atoms. The second-order valence-corrected chi connectivity index (χ2v) is 8.31. The molecule has 0 unspecified atom stereocenters. The Morgan fingerprint density at radius 2 is 2.00 bits per heavy atom. The van der Waals surface area contributed by atoms with Crippen LogP contribution in [-0.4, -0.2) is 46.9 Å². The summed E-state index contributed by atoms with van der Waals surface area (Å²) in [6.07, 6.45) is 0. The van der Waals surface area contributed by atoms with Crippen LogP contribution < -0.4 is 0 Å². The summed E-state index contributed by atoms with van der Waals surface area (Å²) in [6.45, 7) is 4.01. The van der Waals surface area contributed by atoms with Crippen LogP contribution in [-0.2, 0) is 6.54 Å². The van der Waals surface area contributed by atoms with Gasteiger partial charge in [-0.3, -0.25) is 9.69 Å². The summed E-state index contributed by atoms with van der Waals surface area (Å²) in [7, 11) is 0. The van der Waals surface area contributed by atoms with Gasteiger partial charge in [0.1, 0.15) is 5.01 Å². The van der Waals surface area contributed by atoms with Crippen molar-refractivity contribution in [3.8, 4) is 10.6 Å². The second kappa shape index (κ2) is 7.88. The normalized spacial score (nSPS) is 15.3. The minimum atomic E-state index is 0.0561. The smallest absolute Gasteiger partial charge is 0.253 e. The van der Waals surface area contributed by atoms with Gasteiger partial charge in [-0.05, 0) is 29.6 Å². The van der Waals surface area contributed by atoms with E-state index in [-0.39, 0.29) is 5.91 Å². The zero-order valence-electron chi connectivity index (χ0n) is 14.1. The lowest BCUT2D eigenvalue weighted by Gasteiger charge is -2.34. The van der Waals surface area contributed by atoms with Crippen LogP contribution in [0.4, 0.5) is 0 Å². The number of aromatic nitrogens is 1. The Balaban J connectivity index is 1.33. The molecule has 1 aliphatic rings. The van der Waals surface area contributed by atoms with Crippen LogP contribution in [0.5, 0.6) is 0 Å². The van der Waals surface area contributed by atoms with E-state index in [1.165, 1.54) is 5.56 Å². The Morgan fingerprint density at radius 1 is 1.15 bits per heavy atom. The average Bonchev–Trinajstić information content (AvgIpc) is 3.33. The standard InChI is InChI=1S/C19H18ClN3OS2/c20-16-3-1-2-14(10-16)19(24)23-7-5-22(6-8-23)11-17-13-26-18(21-17)15-4-9-25-12-15/h1-4,9-10,12-13H,5-8,11H2. The molecule has 1 aromatic carbocycles. The summed E-state index contributed by atoms with van der Waals surface area (Å²) >= 11 is 9.38. The lowest BCUT2D eigenvalue weighted by Crippen LogP contribution is -2.48. The van der Waals surface area contributed by atoms with E-state index in [1.807, 2.05) is 17.0 Å². The number of thiophene rings is 1. The molecule has 1 saturated heterocycles. The highest BCUT2D eigenvalue weighted by Crippen LogP contribution is 2.26. The van der Waals surface area contributed by atoms with E-state index >= 15 is 0 Å². The SMILES string of the molecule is O=C(c1cccc(Cl)c1)N1CCN(Cc2csc(-c3ccsc3)n2)CC1. The Hall–Kier alpha value is -1.73. The van der Waals surface area contributed by atoms with E-state index < -0.39 is 0 Å². The Bertz CT molecular complexity index is 886. The number of carbonyl (C=O) groups is 1. The van der Waals surface area contributed by atoms with Crippen LogP contribution in [0, 0.1) is 0 Å². The zero-order valence-corrected chi connectivity index (χ0v) is 16.5. The first-order chi connectivity index (χ1) is 12.7. The van der Waals surface area contributed by atoms with Crippen molar-refractivity contribution in [1.82, 2.24) is 14.8 Å². The van der Waals surface area contributed by atoms with Crippen molar-refractivity contribution in [3.63, 3.8) is 0 Å². The number of nitrogens with zero attached hydrogens (tertiary/aromatic N) is 3. The Labute approximate surface area is 165 Å². The van der Waals surface area contributed by atoms with Crippen molar-refractivity contribution in [2.45, 2.75) is 6.54 Å². The third-order valence-electron chi connectivity index (χ3n) is 4.44. The molecule has 0 bridgehead atoms. The van der Waals surface area contributed by atoms with Crippen LogP contribution in [0.3, 0.4) is 0 Å². The van der Waals surface area contributed by atoms with Crippen LogP contribution in [0.25, 0.3) is 10.6 Å². The number of hydrogen-bond acceptors (Lipinski definition) is 5. The fraction of sp³-hybridized carbons (Fsp3) is 0.263. The van der Waals surface area contributed by atoms with Gasteiger partial charge in [0.15, 0.2) is 0 Å². The first-order valence-electron chi connectivity index (χ1n) is 8.43. The molecule has 7 heteroatoms. The lowest BCUT2D eigenvalue weighted by atomic mass is 10.2. The molecule has 3 aromatic rings. The summed E-state index contributed by atoms with van der Waals surface area (Å²) < 4.78 is 0. The van der Waals surface area contributed by atoms with Crippen molar-refractivity contribution in [1.29, 1.82) is 0 Å². The van der Waals surface area contributed by atoms with Crippen LogP contribution in [0.2, 0.25) is 5.02 Å². The quantitative estimate of drug-likeness (QED) is 0.644. The summed E-state index contributed by atoms with van der Waals surface area (Å²) in [4.78, 5) is 21.6. The number of halogens is 1. The molecular weight excluding hydrogens is 386 g/mol. The third kappa shape index (κ3) is 3.99. The molecule has 1 aliphatic heterocycles. The molecule has 0 N–H and O–H groups in total.